The van der Waals surface area contributed by atoms with Crippen LogP contribution in [-0.4, -0.2) is 19.6 Å². The Bertz CT molecular complexity index is 932. The Labute approximate surface area is 134 Å². The van der Waals surface area contributed by atoms with Crippen molar-refractivity contribution in [3.8, 4) is 0 Å². The van der Waals surface area contributed by atoms with Gasteiger partial charge in [-0.15, -0.1) is 0 Å². The van der Waals surface area contributed by atoms with Gasteiger partial charge in [0.2, 0.25) is 10.0 Å². The maximum atomic E-state index is 13.0. The molecule has 0 fully saturated rings. The first kappa shape index (κ1) is 17.4. The van der Waals surface area contributed by atoms with Gasteiger partial charge in [0.1, 0.15) is 5.69 Å². The first-order valence-electron chi connectivity index (χ1n) is 6.24. The van der Waals surface area contributed by atoms with E-state index in [1.54, 1.807) is 0 Å². The highest BCUT2D eigenvalue weighted by Crippen LogP contribution is 2.27. The lowest BCUT2D eigenvalue weighted by atomic mass is 10.2. The molecule has 0 unspecified atom stereocenters. The van der Waals surface area contributed by atoms with Crippen LogP contribution in [-0.2, 0) is 10.0 Å². The van der Waals surface area contributed by atoms with Gasteiger partial charge in [-0.3, -0.25) is 15.5 Å². The summed E-state index contributed by atoms with van der Waals surface area (Å²) < 4.78 is 48.3. The van der Waals surface area contributed by atoms with E-state index in [1.807, 2.05) is 0 Å². The third-order valence-electron chi connectivity index (χ3n) is 2.84. The van der Waals surface area contributed by atoms with Crippen molar-refractivity contribution in [2.45, 2.75) is 4.90 Å². The van der Waals surface area contributed by atoms with E-state index in [-0.39, 0.29) is 11.3 Å². The van der Waals surface area contributed by atoms with E-state index in [9.17, 15) is 27.3 Å². The molecule has 0 aliphatic rings. The molecule has 2 aromatic carbocycles. The molecule has 0 bridgehead atoms. The van der Waals surface area contributed by atoms with Gasteiger partial charge in [0, 0.05) is 6.07 Å². The van der Waals surface area contributed by atoms with Crippen LogP contribution in [0.3, 0.4) is 0 Å². The fraction of sp³-hybridized carbons (Fsp3) is 0. The number of hydrazone groups is 1. The van der Waals surface area contributed by atoms with E-state index >= 15 is 0 Å². The normalized spacial score (nSPS) is 11.6. The van der Waals surface area contributed by atoms with Gasteiger partial charge in [-0.25, -0.2) is 22.3 Å². The fourth-order valence-corrected chi connectivity index (χ4v) is 2.24. The highest BCUT2D eigenvalue weighted by atomic mass is 32.2. The minimum atomic E-state index is -4.10. The molecule has 0 amide bonds. The molecular weight excluding hydrogens is 346 g/mol. The standard InChI is InChI=1S/C13H10F2N4O4S/c14-10-3-1-8(5-11(10)15)7-17-18-12-4-2-9(24(16,22)23)6-13(12)19(20)21/h1-7,18H,(H2,16,22,23). The third-order valence-corrected chi connectivity index (χ3v) is 3.75. The molecular formula is C13H10F2N4O4S. The Hall–Kier alpha value is -2.92. The first-order valence-corrected chi connectivity index (χ1v) is 7.78. The molecule has 2 rings (SSSR count). The number of nitro benzene ring substituents is 1. The zero-order chi connectivity index (χ0) is 17.9. The molecule has 0 aromatic heterocycles. The number of nitro groups is 1. The number of nitrogens with zero attached hydrogens (tertiary/aromatic N) is 2. The molecule has 11 heteroatoms. The van der Waals surface area contributed by atoms with Gasteiger partial charge in [-0.1, -0.05) is 6.07 Å². The lowest BCUT2D eigenvalue weighted by Gasteiger charge is -2.04. The smallest absolute Gasteiger partial charge is 0.272 e. The van der Waals surface area contributed by atoms with Crippen molar-refractivity contribution in [3.05, 3.63) is 63.7 Å². The largest absolute Gasteiger partial charge is 0.295 e. The van der Waals surface area contributed by atoms with E-state index in [0.29, 0.717) is 0 Å². The summed E-state index contributed by atoms with van der Waals surface area (Å²) in [6, 6.07) is 6.00. The maximum absolute atomic E-state index is 13.0. The second-order valence-electron chi connectivity index (χ2n) is 4.52. The molecule has 0 aliphatic heterocycles. The summed E-state index contributed by atoms with van der Waals surface area (Å²) in [7, 11) is -4.10. The predicted molar refractivity (Wildman–Crippen MR) is 82.0 cm³/mol. The minimum Gasteiger partial charge on any atom is -0.272 e. The SMILES string of the molecule is NS(=O)(=O)c1ccc(NN=Cc2ccc(F)c(F)c2)c([N+](=O)[O-])c1. The molecule has 0 spiro atoms. The van der Waals surface area contributed by atoms with Gasteiger partial charge in [0.25, 0.3) is 5.69 Å². The molecule has 8 nitrogen and oxygen atoms in total. The highest BCUT2D eigenvalue weighted by molar-refractivity contribution is 7.89. The van der Waals surface area contributed by atoms with E-state index in [4.69, 9.17) is 5.14 Å². The Morgan fingerprint density at radius 1 is 1.17 bits per heavy atom. The number of hydrogen-bond acceptors (Lipinski definition) is 6. The molecule has 0 radical (unpaired) electrons. The molecule has 0 heterocycles. The molecule has 24 heavy (non-hydrogen) atoms. The van der Waals surface area contributed by atoms with Crippen LogP contribution >= 0.6 is 0 Å². The summed E-state index contributed by atoms with van der Waals surface area (Å²) in [5, 5.41) is 19.6. The minimum absolute atomic E-state index is 0.105. The molecule has 0 aliphatic carbocycles. The number of primary sulfonamides is 1. The van der Waals surface area contributed by atoms with Crippen molar-refractivity contribution in [3.63, 3.8) is 0 Å². The van der Waals surface area contributed by atoms with Crippen molar-refractivity contribution in [2.75, 3.05) is 5.43 Å². The number of rotatable bonds is 5. The van der Waals surface area contributed by atoms with Gasteiger partial charge in [0.15, 0.2) is 11.6 Å². The molecule has 126 valence electrons. The van der Waals surface area contributed by atoms with Crippen LogP contribution in [0.25, 0.3) is 0 Å². The summed E-state index contributed by atoms with van der Waals surface area (Å²) in [4.78, 5) is 9.76. The zero-order valence-electron chi connectivity index (χ0n) is 11.8. The Balaban J connectivity index is 2.27. The van der Waals surface area contributed by atoms with Gasteiger partial charge >= 0.3 is 0 Å². The van der Waals surface area contributed by atoms with Crippen LogP contribution < -0.4 is 10.6 Å². The lowest BCUT2D eigenvalue weighted by Crippen LogP contribution is -2.12. The van der Waals surface area contributed by atoms with Crippen molar-refractivity contribution in [2.24, 2.45) is 10.2 Å². The van der Waals surface area contributed by atoms with E-state index in [1.165, 1.54) is 6.07 Å². The third kappa shape index (κ3) is 4.08. The first-order chi connectivity index (χ1) is 11.2. The Morgan fingerprint density at radius 3 is 2.46 bits per heavy atom. The number of halogens is 2. The highest BCUT2D eigenvalue weighted by Gasteiger charge is 2.18. The number of nitrogens with two attached hydrogens (primary N) is 1. The van der Waals surface area contributed by atoms with Gasteiger partial charge < -0.3 is 0 Å². The Kier molecular flexibility index (Phi) is 4.85. The van der Waals surface area contributed by atoms with E-state index < -0.39 is 37.2 Å². The molecule has 0 atom stereocenters. The molecule has 0 saturated carbocycles. The summed E-state index contributed by atoms with van der Waals surface area (Å²) in [6.07, 6.45) is 1.11. The van der Waals surface area contributed by atoms with Crippen LogP contribution in [0.4, 0.5) is 20.2 Å². The average molecular weight is 356 g/mol. The van der Waals surface area contributed by atoms with Crippen LogP contribution in [0, 0.1) is 21.7 Å². The second kappa shape index (κ2) is 6.68. The predicted octanol–water partition coefficient (Wildman–Crippen LogP) is 1.97. The lowest BCUT2D eigenvalue weighted by molar-refractivity contribution is -0.384. The topological polar surface area (TPSA) is 128 Å². The Morgan fingerprint density at radius 2 is 1.88 bits per heavy atom. The zero-order valence-corrected chi connectivity index (χ0v) is 12.6. The monoisotopic (exact) mass is 356 g/mol. The van der Waals surface area contributed by atoms with Crippen molar-refractivity contribution < 1.29 is 22.1 Å². The molecule has 2 aromatic rings. The summed E-state index contributed by atoms with van der Waals surface area (Å²) >= 11 is 0. The van der Waals surface area contributed by atoms with Crippen LogP contribution in [0.5, 0.6) is 0 Å². The van der Waals surface area contributed by atoms with Gasteiger partial charge in [-0.05, 0) is 29.8 Å². The van der Waals surface area contributed by atoms with Crippen molar-refractivity contribution >= 4 is 27.6 Å². The van der Waals surface area contributed by atoms with E-state index in [0.717, 1.165) is 36.5 Å². The average Bonchev–Trinajstić information content (AvgIpc) is 2.50. The van der Waals surface area contributed by atoms with Crippen molar-refractivity contribution in [1.29, 1.82) is 0 Å². The quantitative estimate of drug-likeness (QED) is 0.481. The number of sulfonamides is 1. The molecule has 3 N–H and O–H groups in total. The number of benzene rings is 2. The fourth-order valence-electron chi connectivity index (χ4n) is 1.70. The number of hydrogen-bond donors (Lipinski definition) is 2. The van der Waals surface area contributed by atoms with Gasteiger partial charge in [0.05, 0.1) is 16.0 Å². The van der Waals surface area contributed by atoms with Crippen LogP contribution in [0.2, 0.25) is 0 Å². The number of nitrogens with one attached hydrogen (secondary N) is 1. The molecule has 0 saturated heterocycles. The summed E-state index contributed by atoms with van der Waals surface area (Å²) in [5.41, 5.74) is 1.87. The van der Waals surface area contributed by atoms with Gasteiger partial charge in [-0.2, -0.15) is 5.10 Å². The number of anilines is 1. The van der Waals surface area contributed by atoms with E-state index in [2.05, 4.69) is 10.5 Å². The summed E-state index contributed by atoms with van der Waals surface area (Å²) in [6.45, 7) is 0. The van der Waals surface area contributed by atoms with Crippen molar-refractivity contribution in [1.82, 2.24) is 0 Å². The second-order valence-corrected chi connectivity index (χ2v) is 6.09. The van der Waals surface area contributed by atoms with Crippen LogP contribution in [0.1, 0.15) is 5.56 Å². The maximum Gasteiger partial charge on any atom is 0.295 e. The summed E-state index contributed by atoms with van der Waals surface area (Å²) in [5.74, 6) is -2.09. The van der Waals surface area contributed by atoms with Crippen LogP contribution in [0.15, 0.2) is 46.4 Å².